The van der Waals surface area contributed by atoms with Crippen molar-refractivity contribution in [1.82, 2.24) is 15.4 Å². The number of carbonyl (C=O) groups is 2. The Kier molecular flexibility index (Phi) is 4.10. The highest BCUT2D eigenvalue weighted by atomic mass is 19.2. The summed E-state index contributed by atoms with van der Waals surface area (Å²) in [5, 5.41) is 7.26. The predicted molar refractivity (Wildman–Crippen MR) is 91.3 cm³/mol. The molecule has 2 aliphatic rings. The minimum Gasteiger partial charge on any atom is -0.364 e. The Labute approximate surface area is 149 Å². The van der Waals surface area contributed by atoms with Crippen LogP contribution >= 0.6 is 0 Å². The molecule has 1 N–H and O–H groups in total. The number of Topliss-reactive ketones (excluding diaryl/α,β-unsaturated/α-hetero) is 1. The molecule has 4 rings (SSSR count). The topological polar surface area (TPSA) is 78.7 Å². The van der Waals surface area contributed by atoms with Gasteiger partial charge in [-0.05, 0) is 25.0 Å². The van der Waals surface area contributed by atoms with E-state index in [1.165, 1.54) is 6.26 Å². The van der Waals surface area contributed by atoms with Gasteiger partial charge in [-0.25, -0.2) is 9.92 Å². The third-order valence-corrected chi connectivity index (χ3v) is 5.22. The summed E-state index contributed by atoms with van der Waals surface area (Å²) >= 11 is 0. The molecule has 1 aromatic heterocycles. The van der Waals surface area contributed by atoms with Crippen LogP contribution in [0.15, 0.2) is 41.1 Å². The van der Waals surface area contributed by atoms with Gasteiger partial charge in [-0.15, -0.1) is 0 Å². The monoisotopic (exact) mass is 358 g/mol. The van der Waals surface area contributed by atoms with E-state index in [1.807, 2.05) is 0 Å². The number of fused-ring (bicyclic) bond motifs is 1. The number of para-hydroxylation sites is 1. The molecule has 2 amide bonds. The maximum atomic E-state index is 15.1. The number of benzene rings is 1. The first-order valence-electron chi connectivity index (χ1n) is 8.59. The molecule has 1 fully saturated rings. The van der Waals surface area contributed by atoms with E-state index in [9.17, 15) is 9.59 Å². The summed E-state index contributed by atoms with van der Waals surface area (Å²) < 4.78 is 19.8. The highest BCUT2D eigenvalue weighted by Crippen LogP contribution is 2.42. The van der Waals surface area contributed by atoms with Crippen LogP contribution in [-0.4, -0.2) is 40.5 Å². The first-order valence-corrected chi connectivity index (χ1v) is 8.59. The Bertz CT molecular complexity index is 816. The molecule has 1 saturated heterocycles. The van der Waals surface area contributed by atoms with E-state index in [0.29, 0.717) is 42.9 Å². The summed E-state index contributed by atoms with van der Waals surface area (Å²) in [5.41, 5.74) is 0.520. The third-order valence-electron chi connectivity index (χ3n) is 5.22. The van der Waals surface area contributed by atoms with Crippen LogP contribution in [0, 0.1) is 0 Å². The average molecular weight is 358 g/mol. The molecule has 8 heteroatoms. The average Bonchev–Trinajstić information content (AvgIpc) is 3.19. The fourth-order valence-electron chi connectivity index (χ4n) is 3.71. The molecule has 2 aromatic rings. The van der Waals surface area contributed by atoms with Crippen LogP contribution in [0.5, 0.6) is 0 Å². The number of halogens is 1. The number of piperidine rings is 1. The number of hydrogen-bond donors (Lipinski definition) is 1. The fourth-order valence-corrected chi connectivity index (χ4v) is 3.71. The van der Waals surface area contributed by atoms with Crippen molar-refractivity contribution in [2.24, 2.45) is 0 Å². The van der Waals surface area contributed by atoms with Crippen LogP contribution in [-0.2, 0) is 6.54 Å². The Balaban J connectivity index is 1.41. The van der Waals surface area contributed by atoms with Gasteiger partial charge in [0.15, 0.2) is 5.78 Å². The van der Waals surface area contributed by atoms with E-state index in [-0.39, 0.29) is 24.8 Å². The molecule has 0 atom stereocenters. The minimum absolute atomic E-state index is 0.0431. The molecule has 0 unspecified atom stereocenters. The maximum Gasteiger partial charge on any atom is 0.317 e. The van der Waals surface area contributed by atoms with Crippen LogP contribution in [0.25, 0.3) is 0 Å². The van der Waals surface area contributed by atoms with E-state index in [0.717, 1.165) is 5.12 Å². The second-order valence-corrected chi connectivity index (χ2v) is 6.76. The van der Waals surface area contributed by atoms with Gasteiger partial charge in [0.05, 0.1) is 17.8 Å². The maximum absolute atomic E-state index is 15.1. The van der Waals surface area contributed by atoms with E-state index in [1.54, 1.807) is 35.2 Å². The number of hydrogen-bond acceptors (Lipinski definition) is 5. The SMILES string of the molecule is O=C1CC2(CCN(C(=O)NCc3ccon3)CC2)N(F)c2ccccc21. The van der Waals surface area contributed by atoms with Gasteiger partial charge in [0.25, 0.3) is 0 Å². The van der Waals surface area contributed by atoms with Crippen LogP contribution in [0.4, 0.5) is 15.0 Å². The van der Waals surface area contributed by atoms with Crippen LogP contribution in [0.3, 0.4) is 0 Å². The van der Waals surface area contributed by atoms with Gasteiger partial charge in [0.2, 0.25) is 0 Å². The van der Waals surface area contributed by atoms with Gasteiger partial charge in [-0.1, -0.05) is 21.8 Å². The molecular formula is C18H19FN4O3. The van der Waals surface area contributed by atoms with Crippen LogP contribution in [0.2, 0.25) is 0 Å². The van der Waals surface area contributed by atoms with Crippen LogP contribution < -0.4 is 10.4 Å². The number of ketones is 1. The first kappa shape index (κ1) is 16.6. The van der Waals surface area contributed by atoms with Crippen molar-refractivity contribution in [2.45, 2.75) is 31.3 Å². The molecule has 2 aliphatic heterocycles. The standard InChI is InChI=1S/C18H19FN4O3/c19-23-15-4-2-1-3-14(15)16(24)11-18(23)6-8-22(9-7-18)17(25)20-12-13-5-10-26-21-13/h1-5,10H,6-9,11-12H2,(H,20,25). The summed E-state index contributed by atoms with van der Waals surface area (Å²) in [6.07, 6.45) is 2.39. The predicted octanol–water partition coefficient (Wildman–Crippen LogP) is 2.70. The third kappa shape index (κ3) is 2.81. The molecule has 7 nitrogen and oxygen atoms in total. The van der Waals surface area contributed by atoms with Crippen LogP contribution in [0.1, 0.15) is 35.3 Å². The number of carbonyl (C=O) groups excluding carboxylic acids is 2. The molecule has 0 saturated carbocycles. The molecule has 26 heavy (non-hydrogen) atoms. The zero-order chi connectivity index (χ0) is 18.1. The van der Waals surface area contributed by atoms with E-state index >= 15 is 4.48 Å². The summed E-state index contributed by atoms with van der Waals surface area (Å²) in [5.74, 6) is -0.0431. The number of nitrogens with one attached hydrogen (secondary N) is 1. The number of anilines is 1. The number of urea groups is 1. The fraction of sp³-hybridized carbons (Fsp3) is 0.389. The Morgan fingerprint density at radius 1 is 1.27 bits per heavy atom. The number of likely N-dealkylation sites (tertiary alicyclic amines) is 1. The zero-order valence-electron chi connectivity index (χ0n) is 14.2. The van der Waals surface area contributed by atoms with E-state index < -0.39 is 5.54 Å². The van der Waals surface area contributed by atoms with Gasteiger partial charge < -0.3 is 14.7 Å². The van der Waals surface area contributed by atoms with Gasteiger partial charge in [-0.3, -0.25) is 4.79 Å². The Morgan fingerprint density at radius 2 is 2.04 bits per heavy atom. The molecular weight excluding hydrogens is 339 g/mol. The van der Waals surface area contributed by atoms with Crippen molar-refractivity contribution in [3.8, 4) is 0 Å². The van der Waals surface area contributed by atoms with E-state index in [2.05, 4.69) is 10.5 Å². The van der Waals surface area contributed by atoms with Gasteiger partial charge in [0, 0.05) is 31.1 Å². The quantitative estimate of drug-likeness (QED) is 0.835. The number of amides is 2. The van der Waals surface area contributed by atoms with E-state index in [4.69, 9.17) is 4.52 Å². The summed E-state index contributed by atoms with van der Waals surface area (Å²) in [6, 6.07) is 8.21. The van der Waals surface area contributed by atoms with Crippen molar-refractivity contribution in [3.63, 3.8) is 0 Å². The lowest BCUT2D eigenvalue weighted by Gasteiger charge is -2.47. The Hall–Kier alpha value is -2.90. The van der Waals surface area contributed by atoms with Gasteiger partial charge in [0.1, 0.15) is 12.0 Å². The summed E-state index contributed by atoms with van der Waals surface area (Å²) in [6.45, 7) is 1.05. The molecule has 136 valence electrons. The number of rotatable bonds is 2. The minimum atomic E-state index is -0.867. The first-order chi connectivity index (χ1) is 12.6. The second kappa shape index (κ2) is 6.44. The van der Waals surface area contributed by atoms with Crippen molar-refractivity contribution in [3.05, 3.63) is 47.9 Å². The second-order valence-electron chi connectivity index (χ2n) is 6.76. The normalized spacial score (nSPS) is 18.7. The van der Waals surface area contributed by atoms with Gasteiger partial charge >= 0.3 is 6.03 Å². The molecule has 0 radical (unpaired) electrons. The molecule has 0 bridgehead atoms. The van der Waals surface area contributed by atoms with Crippen molar-refractivity contribution >= 4 is 17.5 Å². The molecule has 0 aliphatic carbocycles. The number of nitrogens with zero attached hydrogens (tertiary/aromatic N) is 3. The molecule has 1 aromatic carbocycles. The summed E-state index contributed by atoms with van der Waals surface area (Å²) in [7, 11) is 0. The van der Waals surface area contributed by atoms with Gasteiger partial charge in [-0.2, -0.15) is 0 Å². The molecule has 1 spiro atoms. The highest BCUT2D eigenvalue weighted by Gasteiger charge is 2.47. The zero-order valence-corrected chi connectivity index (χ0v) is 14.2. The number of aromatic nitrogens is 1. The van der Waals surface area contributed by atoms with Crippen molar-refractivity contribution < 1.29 is 18.6 Å². The Morgan fingerprint density at radius 3 is 2.77 bits per heavy atom. The molecule has 3 heterocycles. The highest BCUT2D eigenvalue weighted by molar-refractivity contribution is 6.04. The summed E-state index contributed by atoms with van der Waals surface area (Å²) in [4.78, 5) is 26.4. The van der Waals surface area contributed by atoms with Crippen molar-refractivity contribution in [1.29, 1.82) is 0 Å². The smallest absolute Gasteiger partial charge is 0.317 e. The largest absolute Gasteiger partial charge is 0.364 e. The lowest BCUT2D eigenvalue weighted by atomic mass is 9.78. The lowest BCUT2D eigenvalue weighted by molar-refractivity contribution is 0.0805. The lowest BCUT2D eigenvalue weighted by Crippen LogP contribution is -2.57. The van der Waals surface area contributed by atoms with Crippen molar-refractivity contribution in [2.75, 3.05) is 18.2 Å².